The van der Waals surface area contributed by atoms with Gasteiger partial charge in [0.15, 0.2) is 0 Å². The fourth-order valence-electron chi connectivity index (χ4n) is 1.32. The molecule has 4 heteroatoms. The third kappa shape index (κ3) is 1.16. The Bertz CT molecular complexity index is 557. The first kappa shape index (κ1) is 8.74. The zero-order valence-electron chi connectivity index (χ0n) is 7.37. The lowest BCUT2D eigenvalue weighted by Crippen LogP contribution is -2.06. The first-order chi connectivity index (χ1) is 6.59. The highest BCUT2D eigenvalue weighted by Gasteiger charge is 2.10. The Hall–Kier alpha value is -1.84. The molecule has 14 heavy (non-hydrogen) atoms. The maximum absolute atomic E-state index is 13.1. The van der Waals surface area contributed by atoms with Crippen molar-refractivity contribution in [2.24, 2.45) is 0 Å². The Balaban J connectivity index is 2.99. The lowest BCUT2D eigenvalue weighted by atomic mass is 10.1. The van der Waals surface area contributed by atoms with E-state index in [9.17, 15) is 14.3 Å². The molecule has 0 aliphatic rings. The van der Waals surface area contributed by atoms with Crippen molar-refractivity contribution in [2.45, 2.75) is 6.92 Å². The number of phenols is 1. The summed E-state index contributed by atoms with van der Waals surface area (Å²) in [5.41, 5.74) is -0.528. The Kier molecular flexibility index (Phi) is 1.77. The Morgan fingerprint density at radius 1 is 1.43 bits per heavy atom. The molecule has 1 aromatic heterocycles. The Labute approximate surface area is 78.4 Å². The van der Waals surface area contributed by atoms with Gasteiger partial charge in [0.05, 0.1) is 0 Å². The zero-order valence-corrected chi connectivity index (χ0v) is 7.37. The minimum Gasteiger partial charge on any atom is -0.508 e. The maximum atomic E-state index is 13.1. The fourth-order valence-corrected chi connectivity index (χ4v) is 1.32. The van der Waals surface area contributed by atoms with Crippen molar-refractivity contribution in [2.75, 3.05) is 0 Å². The number of hydrogen-bond donors (Lipinski definition) is 1. The largest absolute Gasteiger partial charge is 0.508 e. The average Bonchev–Trinajstić information content (AvgIpc) is 2.16. The van der Waals surface area contributed by atoms with Crippen LogP contribution in [0.4, 0.5) is 4.39 Å². The number of hydrogen-bond acceptors (Lipinski definition) is 3. The Morgan fingerprint density at radius 3 is 2.86 bits per heavy atom. The van der Waals surface area contributed by atoms with Crippen LogP contribution in [-0.4, -0.2) is 5.11 Å². The third-order valence-corrected chi connectivity index (χ3v) is 2.08. The second-order valence-corrected chi connectivity index (χ2v) is 3.01. The summed E-state index contributed by atoms with van der Waals surface area (Å²) in [6.45, 7) is 1.47. The molecule has 1 N–H and O–H groups in total. The predicted molar refractivity (Wildman–Crippen MR) is 48.8 cm³/mol. The molecule has 0 saturated heterocycles. The zero-order chi connectivity index (χ0) is 10.3. The van der Waals surface area contributed by atoms with Crippen LogP contribution in [0, 0.1) is 12.7 Å². The van der Waals surface area contributed by atoms with Crippen LogP contribution in [0.3, 0.4) is 0 Å². The molecule has 0 atom stereocenters. The van der Waals surface area contributed by atoms with Crippen molar-refractivity contribution in [3.8, 4) is 5.75 Å². The van der Waals surface area contributed by atoms with E-state index < -0.39 is 11.4 Å². The molecule has 0 spiro atoms. The minimum absolute atomic E-state index is 0.00819. The molecular weight excluding hydrogens is 187 g/mol. The van der Waals surface area contributed by atoms with Crippen molar-refractivity contribution in [1.82, 2.24) is 0 Å². The quantitative estimate of drug-likeness (QED) is 0.652. The number of fused-ring (bicyclic) bond motifs is 1. The van der Waals surface area contributed by atoms with Gasteiger partial charge in [0, 0.05) is 10.9 Å². The van der Waals surface area contributed by atoms with E-state index in [1.54, 1.807) is 0 Å². The molecule has 0 fully saturated rings. The number of aryl methyl sites for hydroxylation is 1. The van der Waals surface area contributed by atoms with Crippen LogP contribution >= 0.6 is 0 Å². The fraction of sp³-hybridized carbons (Fsp3) is 0.100. The highest BCUT2D eigenvalue weighted by molar-refractivity contribution is 5.81. The molecule has 0 aliphatic carbocycles. The molecule has 72 valence electrons. The number of benzene rings is 1. The highest BCUT2D eigenvalue weighted by atomic mass is 19.1. The normalized spacial score (nSPS) is 10.7. The van der Waals surface area contributed by atoms with Gasteiger partial charge in [-0.3, -0.25) is 0 Å². The van der Waals surface area contributed by atoms with Gasteiger partial charge in [-0.15, -0.1) is 0 Å². The van der Waals surface area contributed by atoms with Gasteiger partial charge in [0.25, 0.3) is 0 Å². The summed E-state index contributed by atoms with van der Waals surface area (Å²) in [5, 5.41) is 9.58. The molecular formula is C10H7FO3. The molecule has 0 radical (unpaired) electrons. The lowest BCUT2D eigenvalue weighted by molar-refractivity contribution is 0.470. The monoisotopic (exact) mass is 194 g/mol. The average molecular weight is 194 g/mol. The number of phenolic OH excluding ortho intramolecular Hbond substituents is 1. The van der Waals surface area contributed by atoms with E-state index in [1.165, 1.54) is 25.1 Å². The predicted octanol–water partition coefficient (Wildman–Crippen LogP) is 1.95. The smallest absolute Gasteiger partial charge is 0.372 e. The van der Waals surface area contributed by atoms with Crippen LogP contribution in [0.25, 0.3) is 11.0 Å². The van der Waals surface area contributed by atoms with Crippen LogP contribution in [0.1, 0.15) is 5.56 Å². The molecule has 3 nitrogen and oxygen atoms in total. The molecule has 1 aromatic carbocycles. The van der Waals surface area contributed by atoms with Crippen LogP contribution in [-0.2, 0) is 0 Å². The number of rotatable bonds is 0. The van der Waals surface area contributed by atoms with Crippen LogP contribution in [0.2, 0.25) is 0 Å². The third-order valence-electron chi connectivity index (χ3n) is 2.08. The number of halogens is 1. The van der Waals surface area contributed by atoms with Crippen LogP contribution < -0.4 is 5.63 Å². The SMILES string of the molecule is Cc1c(F)c(=O)oc2ccc(O)cc12. The summed E-state index contributed by atoms with van der Waals surface area (Å²) in [5.74, 6) is -0.906. The highest BCUT2D eigenvalue weighted by Crippen LogP contribution is 2.22. The molecule has 0 aliphatic heterocycles. The summed E-state index contributed by atoms with van der Waals surface area (Å²) in [6, 6.07) is 4.16. The van der Waals surface area contributed by atoms with Crippen molar-refractivity contribution in [3.63, 3.8) is 0 Å². The van der Waals surface area contributed by atoms with Gasteiger partial charge >= 0.3 is 5.63 Å². The van der Waals surface area contributed by atoms with Crippen molar-refractivity contribution >= 4 is 11.0 Å². The van der Waals surface area contributed by atoms with Gasteiger partial charge in [-0.25, -0.2) is 4.79 Å². The van der Waals surface area contributed by atoms with E-state index >= 15 is 0 Å². The lowest BCUT2D eigenvalue weighted by Gasteiger charge is -2.01. The minimum atomic E-state index is -0.985. The van der Waals surface area contributed by atoms with Crippen LogP contribution in [0.5, 0.6) is 5.75 Å². The van der Waals surface area contributed by atoms with E-state index in [-0.39, 0.29) is 16.9 Å². The molecule has 0 bridgehead atoms. The molecule has 0 unspecified atom stereocenters. The maximum Gasteiger partial charge on any atom is 0.372 e. The van der Waals surface area contributed by atoms with Crippen molar-refractivity contribution < 1.29 is 13.9 Å². The Morgan fingerprint density at radius 2 is 2.14 bits per heavy atom. The van der Waals surface area contributed by atoms with Crippen LogP contribution in [0.15, 0.2) is 27.4 Å². The second-order valence-electron chi connectivity index (χ2n) is 3.01. The topological polar surface area (TPSA) is 50.4 Å². The van der Waals surface area contributed by atoms with Crippen molar-refractivity contribution in [3.05, 3.63) is 40.0 Å². The van der Waals surface area contributed by atoms with E-state index in [0.29, 0.717) is 5.39 Å². The molecule has 2 rings (SSSR count). The summed E-state index contributed by atoms with van der Waals surface area (Å²) < 4.78 is 17.8. The van der Waals surface area contributed by atoms with E-state index in [2.05, 4.69) is 4.42 Å². The first-order valence-electron chi connectivity index (χ1n) is 4.01. The first-order valence-corrected chi connectivity index (χ1v) is 4.01. The van der Waals surface area contributed by atoms with Gasteiger partial charge in [0.1, 0.15) is 11.3 Å². The molecule has 0 saturated carbocycles. The summed E-state index contributed by atoms with van der Waals surface area (Å²) in [6.07, 6.45) is 0. The summed E-state index contributed by atoms with van der Waals surface area (Å²) >= 11 is 0. The van der Waals surface area contributed by atoms with E-state index in [4.69, 9.17) is 0 Å². The standard InChI is InChI=1S/C10H7FO3/c1-5-7-4-6(12)2-3-8(7)14-10(13)9(5)11/h2-4,12H,1H3. The summed E-state index contributed by atoms with van der Waals surface area (Å²) in [4.78, 5) is 10.9. The van der Waals surface area contributed by atoms with Gasteiger partial charge in [0.2, 0.25) is 5.82 Å². The van der Waals surface area contributed by atoms with E-state index in [1.807, 2.05) is 0 Å². The van der Waals surface area contributed by atoms with Gasteiger partial charge in [-0.1, -0.05) is 0 Å². The van der Waals surface area contributed by atoms with Gasteiger partial charge < -0.3 is 9.52 Å². The van der Waals surface area contributed by atoms with Gasteiger partial charge in [-0.05, 0) is 25.1 Å². The molecule has 0 amide bonds. The van der Waals surface area contributed by atoms with Crippen molar-refractivity contribution in [1.29, 1.82) is 0 Å². The second kappa shape index (κ2) is 2.83. The summed E-state index contributed by atoms with van der Waals surface area (Å²) in [7, 11) is 0. The molecule has 2 aromatic rings. The van der Waals surface area contributed by atoms with Gasteiger partial charge in [-0.2, -0.15) is 4.39 Å². The molecule has 1 heterocycles. The van der Waals surface area contributed by atoms with E-state index in [0.717, 1.165) is 0 Å². The number of aromatic hydroxyl groups is 1.